The molecule has 5 heteroatoms. The average Bonchev–Trinajstić information content (AvgIpc) is 2.78. The molecule has 2 amide bonds. The van der Waals surface area contributed by atoms with Gasteiger partial charge in [-0.15, -0.1) is 11.3 Å². The first-order valence-corrected chi connectivity index (χ1v) is 7.96. The Morgan fingerprint density at radius 2 is 2.20 bits per heavy atom. The lowest BCUT2D eigenvalue weighted by Crippen LogP contribution is -2.48. The van der Waals surface area contributed by atoms with Crippen LogP contribution in [0, 0.1) is 12.8 Å². The number of amides is 2. The van der Waals surface area contributed by atoms with Gasteiger partial charge in [-0.2, -0.15) is 0 Å². The van der Waals surface area contributed by atoms with Gasteiger partial charge < -0.3 is 10.2 Å². The van der Waals surface area contributed by atoms with Gasteiger partial charge in [0, 0.05) is 22.7 Å². The minimum Gasteiger partial charge on any atom is -0.344 e. The lowest BCUT2D eigenvalue weighted by atomic mass is 9.98. The van der Waals surface area contributed by atoms with E-state index in [1.807, 2.05) is 18.7 Å². The fraction of sp³-hybridized carbons (Fsp3) is 0.600. The molecular formula is C15H22N2O2S. The predicted octanol–water partition coefficient (Wildman–Crippen LogP) is 2.32. The van der Waals surface area contributed by atoms with E-state index in [1.54, 1.807) is 11.3 Å². The van der Waals surface area contributed by atoms with Crippen molar-refractivity contribution in [3.8, 4) is 0 Å². The molecular weight excluding hydrogens is 272 g/mol. The van der Waals surface area contributed by atoms with Gasteiger partial charge >= 0.3 is 0 Å². The first-order valence-electron chi connectivity index (χ1n) is 7.14. The van der Waals surface area contributed by atoms with Crippen LogP contribution in [0.1, 0.15) is 36.4 Å². The molecule has 1 aromatic rings. The van der Waals surface area contributed by atoms with E-state index in [0.29, 0.717) is 19.5 Å². The van der Waals surface area contributed by atoms with Crippen molar-refractivity contribution in [2.75, 3.05) is 6.54 Å². The zero-order valence-electron chi connectivity index (χ0n) is 12.3. The molecule has 1 saturated heterocycles. The summed E-state index contributed by atoms with van der Waals surface area (Å²) < 4.78 is 0. The van der Waals surface area contributed by atoms with E-state index >= 15 is 0 Å². The summed E-state index contributed by atoms with van der Waals surface area (Å²) in [5.41, 5.74) is 0. The van der Waals surface area contributed by atoms with Gasteiger partial charge in [-0.1, -0.05) is 20.3 Å². The van der Waals surface area contributed by atoms with E-state index in [2.05, 4.69) is 24.4 Å². The van der Waals surface area contributed by atoms with Crippen molar-refractivity contribution in [2.24, 2.45) is 5.92 Å². The molecule has 2 rings (SSSR count). The lowest BCUT2D eigenvalue weighted by molar-refractivity contribution is -0.135. The van der Waals surface area contributed by atoms with Crippen LogP contribution in [0.15, 0.2) is 12.1 Å². The Labute approximate surface area is 124 Å². The molecule has 2 unspecified atom stereocenters. The molecule has 2 atom stereocenters. The number of carbonyl (C=O) groups excluding carboxylic acids is 2. The quantitative estimate of drug-likeness (QED) is 0.926. The van der Waals surface area contributed by atoms with Gasteiger partial charge in [0.25, 0.3) is 0 Å². The average molecular weight is 294 g/mol. The van der Waals surface area contributed by atoms with Crippen molar-refractivity contribution >= 4 is 23.2 Å². The summed E-state index contributed by atoms with van der Waals surface area (Å²) in [7, 11) is 0. The summed E-state index contributed by atoms with van der Waals surface area (Å²) in [5, 5.41) is 2.87. The number of nitrogens with zero attached hydrogens (tertiary/aromatic N) is 1. The predicted molar refractivity (Wildman–Crippen MR) is 80.5 cm³/mol. The largest absolute Gasteiger partial charge is 0.344 e. The Morgan fingerprint density at radius 3 is 2.80 bits per heavy atom. The molecule has 1 aliphatic heterocycles. The first-order chi connectivity index (χ1) is 9.51. The minimum absolute atomic E-state index is 0.0199. The molecule has 0 bridgehead atoms. The second-order valence-corrected chi connectivity index (χ2v) is 6.83. The van der Waals surface area contributed by atoms with E-state index < -0.39 is 0 Å². The SMILES string of the molecule is CCC(C)C1NC(=O)CCN(Cc2ccc(C)s2)C1=O. The summed E-state index contributed by atoms with van der Waals surface area (Å²) in [6, 6.07) is 3.75. The lowest BCUT2D eigenvalue weighted by Gasteiger charge is -2.26. The van der Waals surface area contributed by atoms with Crippen LogP contribution in [0.5, 0.6) is 0 Å². The number of hydrogen-bond donors (Lipinski definition) is 1. The third-order valence-electron chi connectivity index (χ3n) is 3.86. The number of thiophene rings is 1. The van der Waals surface area contributed by atoms with Crippen LogP contribution >= 0.6 is 11.3 Å². The number of nitrogens with one attached hydrogen (secondary N) is 1. The number of hydrogen-bond acceptors (Lipinski definition) is 3. The third-order valence-corrected chi connectivity index (χ3v) is 4.84. The van der Waals surface area contributed by atoms with Gasteiger partial charge in [-0.3, -0.25) is 9.59 Å². The highest BCUT2D eigenvalue weighted by Gasteiger charge is 2.32. The molecule has 110 valence electrons. The molecule has 2 heterocycles. The van der Waals surface area contributed by atoms with Crippen molar-refractivity contribution in [2.45, 2.75) is 46.2 Å². The molecule has 0 aromatic carbocycles. The van der Waals surface area contributed by atoms with E-state index in [1.165, 1.54) is 9.75 Å². The van der Waals surface area contributed by atoms with Crippen LogP contribution < -0.4 is 5.32 Å². The van der Waals surface area contributed by atoms with E-state index in [4.69, 9.17) is 0 Å². The van der Waals surface area contributed by atoms with E-state index in [0.717, 1.165) is 6.42 Å². The zero-order valence-corrected chi connectivity index (χ0v) is 13.1. The third kappa shape index (κ3) is 3.39. The minimum atomic E-state index is -0.379. The molecule has 1 fully saturated rings. The Morgan fingerprint density at radius 1 is 1.45 bits per heavy atom. The summed E-state index contributed by atoms with van der Waals surface area (Å²) in [6.45, 7) is 7.24. The van der Waals surface area contributed by atoms with Gasteiger partial charge in [0.15, 0.2) is 0 Å². The van der Waals surface area contributed by atoms with E-state index in [9.17, 15) is 9.59 Å². The Bertz CT molecular complexity index is 498. The fourth-order valence-corrected chi connectivity index (χ4v) is 3.29. The zero-order chi connectivity index (χ0) is 14.7. The molecule has 0 aliphatic carbocycles. The number of carbonyl (C=O) groups is 2. The van der Waals surface area contributed by atoms with Crippen molar-refractivity contribution in [3.63, 3.8) is 0 Å². The number of rotatable bonds is 4. The first kappa shape index (κ1) is 15.0. The summed E-state index contributed by atoms with van der Waals surface area (Å²) in [4.78, 5) is 28.6. The van der Waals surface area contributed by atoms with Crippen LogP contribution in [0.25, 0.3) is 0 Å². The van der Waals surface area contributed by atoms with Gasteiger partial charge in [0.05, 0.1) is 6.54 Å². The summed E-state index contributed by atoms with van der Waals surface area (Å²) in [6.07, 6.45) is 1.27. The Kier molecular flexibility index (Phi) is 4.81. The number of aryl methyl sites for hydroxylation is 1. The highest BCUT2D eigenvalue weighted by molar-refractivity contribution is 7.11. The maximum atomic E-state index is 12.6. The monoisotopic (exact) mass is 294 g/mol. The Hall–Kier alpha value is -1.36. The molecule has 0 radical (unpaired) electrons. The van der Waals surface area contributed by atoms with Crippen LogP contribution in [0.3, 0.4) is 0 Å². The Balaban J connectivity index is 2.14. The highest BCUT2D eigenvalue weighted by Crippen LogP contribution is 2.20. The maximum absolute atomic E-state index is 12.6. The second-order valence-electron chi connectivity index (χ2n) is 5.45. The molecule has 1 N–H and O–H groups in total. The highest BCUT2D eigenvalue weighted by atomic mass is 32.1. The van der Waals surface area contributed by atoms with Gasteiger partial charge in [0.2, 0.25) is 11.8 Å². The van der Waals surface area contributed by atoms with E-state index in [-0.39, 0.29) is 23.8 Å². The topological polar surface area (TPSA) is 49.4 Å². The molecule has 1 aromatic heterocycles. The standard InChI is InChI=1S/C15H22N2O2S/c1-4-10(2)14-15(19)17(8-7-13(18)16-14)9-12-6-5-11(3)20-12/h5-6,10,14H,4,7-9H2,1-3H3,(H,16,18). The van der Waals surface area contributed by atoms with Crippen molar-refractivity contribution in [3.05, 3.63) is 21.9 Å². The van der Waals surface area contributed by atoms with Crippen molar-refractivity contribution in [1.82, 2.24) is 10.2 Å². The molecule has 0 saturated carbocycles. The fourth-order valence-electron chi connectivity index (χ4n) is 2.39. The van der Waals surface area contributed by atoms with Crippen LogP contribution in [0.4, 0.5) is 0 Å². The van der Waals surface area contributed by atoms with Gasteiger partial charge in [0.1, 0.15) is 6.04 Å². The van der Waals surface area contributed by atoms with Crippen LogP contribution in [0.2, 0.25) is 0 Å². The van der Waals surface area contributed by atoms with Crippen LogP contribution in [-0.4, -0.2) is 29.3 Å². The molecule has 1 aliphatic rings. The van der Waals surface area contributed by atoms with Crippen LogP contribution in [-0.2, 0) is 16.1 Å². The van der Waals surface area contributed by atoms with Gasteiger partial charge in [-0.25, -0.2) is 0 Å². The molecule has 4 nitrogen and oxygen atoms in total. The van der Waals surface area contributed by atoms with Crippen molar-refractivity contribution < 1.29 is 9.59 Å². The molecule has 0 spiro atoms. The summed E-state index contributed by atoms with van der Waals surface area (Å²) >= 11 is 1.71. The molecule has 20 heavy (non-hydrogen) atoms. The smallest absolute Gasteiger partial charge is 0.245 e. The van der Waals surface area contributed by atoms with Crippen molar-refractivity contribution in [1.29, 1.82) is 0 Å². The second kappa shape index (κ2) is 6.39. The normalized spacial score (nSPS) is 21.6. The summed E-state index contributed by atoms with van der Waals surface area (Å²) in [5.74, 6) is 0.196. The van der Waals surface area contributed by atoms with Gasteiger partial charge in [-0.05, 0) is 25.0 Å². The maximum Gasteiger partial charge on any atom is 0.245 e.